The van der Waals surface area contributed by atoms with Crippen LogP contribution in [0.25, 0.3) is 22.0 Å². The van der Waals surface area contributed by atoms with Gasteiger partial charge in [0.25, 0.3) is 11.8 Å². The number of aromatic amines is 1. The summed E-state index contributed by atoms with van der Waals surface area (Å²) in [5, 5.41) is 0.937. The molecule has 0 saturated heterocycles. The van der Waals surface area contributed by atoms with Crippen molar-refractivity contribution in [1.29, 1.82) is 0 Å². The highest BCUT2D eigenvalue weighted by Crippen LogP contribution is 2.37. The van der Waals surface area contributed by atoms with Gasteiger partial charge in [0.15, 0.2) is 0 Å². The number of aromatic nitrogens is 1. The van der Waals surface area contributed by atoms with E-state index in [0.29, 0.717) is 11.1 Å². The molecule has 0 bridgehead atoms. The molecule has 2 aromatic carbocycles. The highest BCUT2D eigenvalue weighted by Gasteiger charge is 2.37. The van der Waals surface area contributed by atoms with Gasteiger partial charge in [0, 0.05) is 29.7 Å². The molecule has 2 heterocycles. The predicted octanol–water partition coefficient (Wildman–Crippen LogP) is 3.08. The Kier molecular flexibility index (Phi) is 2.91. The summed E-state index contributed by atoms with van der Waals surface area (Å²) in [5.74, 6) is -0.528. The SMILES string of the molecule is CN1C(=O)C(c2ccccc2)=C(c2c[nH]c3ccccc23)C1=O. The molecule has 3 aromatic rings. The molecule has 0 fully saturated rings. The number of H-pyrrole nitrogens is 1. The molecule has 1 aromatic heterocycles. The average molecular weight is 302 g/mol. The fraction of sp³-hybridized carbons (Fsp3) is 0.0526. The molecule has 0 radical (unpaired) electrons. The third-order valence-electron chi connectivity index (χ3n) is 4.21. The van der Waals surface area contributed by atoms with Crippen LogP contribution in [-0.2, 0) is 9.59 Å². The Bertz CT molecular complexity index is 967. The normalized spacial score (nSPS) is 15.1. The first-order valence-corrected chi connectivity index (χ1v) is 7.37. The van der Waals surface area contributed by atoms with Gasteiger partial charge in [-0.3, -0.25) is 14.5 Å². The lowest BCUT2D eigenvalue weighted by Gasteiger charge is -2.06. The number of carbonyl (C=O) groups is 2. The molecule has 1 aliphatic rings. The van der Waals surface area contributed by atoms with E-state index in [2.05, 4.69) is 4.98 Å². The highest BCUT2D eigenvalue weighted by molar-refractivity contribution is 6.49. The Morgan fingerprint density at radius 3 is 2.26 bits per heavy atom. The maximum absolute atomic E-state index is 12.7. The van der Waals surface area contributed by atoms with E-state index in [9.17, 15) is 9.59 Å². The second-order valence-corrected chi connectivity index (χ2v) is 5.53. The van der Waals surface area contributed by atoms with Crippen molar-refractivity contribution in [2.24, 2.45) is 0 Å². The van der Waals surface area contributed by atoms with Gasteiger partial charge in [-0.1, -0.05) is 48.5 Å². The van der Waals surface area contributed by atoms with Crippen LogP contribution < -0.4 is 0 Å². The molecule has 112 valence electrons. The summed E-state index contributed by atoms with van der Waals surface area (Å²) in [6.07, 6.45) is 1.80. The van der Waals surface area contributed by atoms with Gasteiger partial charge in [0.05, 0.1) is 11.1 Å². The maximum atomic E-state index is 12.7. The molecule has 0 unspecified atom stereocenters. The fourth-order valence-electron chi connectivity index (χ4n) is 3.04. The molecular weight excluding hydrogens is 288 g/mol. The van der Waals surface area contributed by atoms with E-state index >= 15 is 0 Å². The Balaban J connectivity index is 2.04. The number of benzene rings is 2. The zero-order chi connectivity index (χ0) is 16.0. The number of imide groups is 1. The Morgan fingerprint density at radius 2 is 1.48 bits per heavy atom. The number of amides is 2. The average Bonchev–Trinajstić information content (AvgIpc) is 3.10. The number of hydrogen-bond acceptors (Lipinski definition) is 2. The van der Waals surface area contributed by atoms with E-state index < -0.39 is 0 Å². The number of carbonyl (C=O) groups excluding carboxylic acids is 2. The lowest BCUT2D eigenvalue weighted by atomic mass is 9.96. The predicted molar refractivity (Wildman–Crippen MR) is 89.3 cm³/mol. The van der Waals surface area contributed by atoms with Gasteiger partial charge >= 0.3 is 0 Å². The number of hydrogen-bond donors (Lipinski definition) is 1. The summed E-state index contributed by atoms with van der Waals surface area (Å²) in [4.78, 5) is 29.6. The molecule has 4 heteroatoms. The second kappa shape index (κ2) is 4.95. The zero-order valence-electron chi connectivity index (χ0n) is 12.5. The molecule has 0 aliphatic carbocycles. The van der Waals surface area contributed by atoms with Crippen molar-refractivity contribution >= 4 is 33.9 Å². The monoisotopic (exact) mass is 302 g/mol. The largest absolute Gasteiger partial charge is 0.361 e. The van der Waals surface area contributed by atoms with Crippen molar-refractivity contribution in [3.8, 4) is 0 Å². The molecule has 1 N–H and O–H groups in total. The topological polar surface area (TPSA) is 53.2 Å². The number of fused-ring (bicyclic) bond motifs is 1. The van der Waals surface area contributed by atoms with Gasteiger partial charge in [-0.25, -0.2) is 0 Å². The summed E-state index contributed by atoms with van der Waals surface area (Å²) in [6.45, 7) is 0. The van der Waals surface area contributed by atoms with Gasteiger partial charge in [0.1, 0.15) is 0 Å². The van der Waals surface area contributed by atoms with Crippen LogP contribution in [0.2, 0.25) is 0 Å². The van der Waals surface area contributed by atoms with Crippen molar-refractivity contribution in [1.82, 2.24) is 9.88 Å². The van der Waals surface area contributed by atoms with Crippen LogP contribution in [0.5, 0.6) is 0 Å². The number of rotatable bonds is 2. The molecule has 0 saturated carbocycles. The summed E-state index contributed by atoms with van der Waals surface area (Å²) in [5.41, 5.74) is 3.39. The number of likely N-dealkylation sites (N-methyl/N-ethyl adjacent to an activating group) is 1. The third-order valence-corrected chi connectivity index (χ3v) is 4.21. The highest BCUT2D eigenvalue weighted by atomic mass is 16.2. The van der Waals surface area contributed by atoms with Gasteiger partial charge in [-0.2, -0.15) is 0 Å². The fourth-order valence-corrected chi connectivity index (χ4v) is 3.04. The van der Waals surface area contributed by atoms with Crippen LogP contribution in [0.3, 0.4) is 0 Å². The van der Waals surface area contributed by atoms with E-state index in [1.165, 1.54) is 11.9 Å². The van der Waals surface area contributed by atoms with Crippen LogP contribution in [0.15, 0.2) is 60.8 Å². The minimum absolute atomic E-state index is 0.263. The lowest BCUT2D eigenvalue weighted by Crippen LogP contribution is -2.26. The van der Waals surface area contributed by atoms with Crippen LogP contribution >= 0.6 is 0 Å². The first kappa shape index (κ1) is 13.5. The zero-order valence-corrected chi connectivity index (χ0v) is 12.5. The first-order valence-electron chi connectivity index (χ1n) is 7.37. The standard InChI is InChI=1S/C19H14N2O2/c1-21-18(22)16(12-7-3-2-4-8-12)17(19(21)23)14-11-20-15-10-6-5-9-13(14)15/h2-11,20H,1H3. The summed E-state index contributed by atoms with van der Waals surface area (Å²) < 4.78 is 0. The Hall–Kier alpha value is -3.14. The molecule has 0 spiro atoms. The van der Waals surface area contributed by atoms with E-state index in [1.54, 1.807) is 6.20 Å². The van der Waals surface area contributed by atoms with E-state index in [0.717, 1.165) is 22.0 Å². The van der Waals surface area contributed by atoms with Gasteiger partial charge in [0.2, 0.25) is 0 Å². The van der Waals surface area contributed by atoms with Crippen LogP contribution in [0, 0.1) is 0 Å². The van der Waals surface area contributed by atoms with E-state index in [4.69, 9.17) is 0 Å². The van der Waals surface area contributed by atoms with Gasteiger partial charge < -0.3 is 4.98 Å². The van der Waals surface area contributed by atoms with E-state index in [1.807, 2.05) is 54.6 Å². The quantitative estimate of drug-likeness (QED) is 0.740. The molecule has 1 aliphatic heterocycles. The van der Waals surface area contributed by atoms with E-state index in [-0.39, 0.29) is 11.8 Å². The molecular formula is C19H14N2O2. The smallest absolute Gasteiger partial charge is 0.261 e. The Morgan fingerprint density at radius 1 is 0.826 bits per heavy atom. The molecule has 2 amide bonds. The molecule has 23 heavy (non-hydrogen) atoms. The second-order valence-electron chi connectivity index (χ2n) is 5.53. The van der Waals surface area contributed by atoms with Crippen molar-refractivity contribution in [3.05, 3.63) is 71.9 Å². The van der Waals surface area contributed by atoms with Crippen molar-refractivity contribution in [2.75, 3.05) is 7.05 Å². The lowest BCUT2D eigenvalue weighted by molar-refractivity contribution is -0.134. The van der Waals surface area contributed by atoms with Crippen molar-refractivity contribution in [2.45, 2.75) is 0 Å². The molecule has 4 rings (SSSR count). The van der Waals surface area contributed by atoms with Crippen LogP contribution in [0.1, 0.15) is 11.1 Å². The van der Waals surface area contributed by atoms with Crippen LogP contribution in [-0.4, -0.2) is 28.7 Å². The number of para-hydroxylation sites is 1. The van der Waals surface area contributed by atoms with Crippen molar-refractivity contribution in [3.63, 3.8) is 0 Å². The molecule has 4 nitrogen and oxygen atoms in total. The minimum atomic E-state index is -0.265. The maximum Gasteiger partial charge on any atom is 0.261 e. The van der Waals surface area contributed by atoms with Crippen LogP contribution in [0.4, 0.5) is 0 Å². The van der Waals surface area contributed by atoms with Gasteiger partial charge in [-0.15, -0.1) is 0 Å². The number of nitrogens with one attached hydrogen (secondary N) is 1. The van der Waals surface area contributed by atoms with Gasteiger partial charge in [-0.05, 0) is 11.6 Å². The Labute approximate surface area is 133 Å². The first-order chi connectivity index (χ1) is 11.2. The summed E-state index contributed by atoms with van der Waals surface area (Å²) in [7, 11) is 1.52. The molecule has 0 atom stereocenters. The summed E-state index contributed by atoms with van der Waals surface area (Å²) in [6, 6.07) is 17.1. The number of nitrogens with zero attached hydrogens (tertiary/aromatic N) is 1. The van der Waals surface area contributed by atoms with Crippen molar-refractivity contribution < 1.29 is 9.59 Å². The third kappa shape index (κ3) is 1.92. The summed E-state index contributed by atoms with van der Waals surface area (Å²) >= 11 is 0. The minimum Gasteiger partial charge on any atom is -0.361 e.